The molecule has 3 aromatic carbocycles. The molecule has 1 amide bonds. The van der Waals surface area contributed by atoms with Gasteiger partial charge in [-0.3, -0.25) is 4.79 Å². The quantitative estimate of drug-likeness (QED) is 0.668. The van der Waals surface area contributed by atoms with Crippen LogP contribution < -0.4 is 10.1 Å². The molecular formula is C22H22ClNO2. The van der Waals surface area contributed by atoms with Crippen LogP contribution in [0.5, 0.6) is 5.75 Å². The van der Waals surface area contributed by atoms with Crippen molar-refractivity contribution in [1.82, 2.24) is 5.32 Å². The smallest absolute Gasteiger partial charge is 0.227 e. The fourth-order valence-corrected chi connectivity index (χ4v) is 3.05. The van der Waals surface area contributed by atoms with Crippen LogP contribution in [-0.4, -0.2) is 19.6 Å². The van der Waals surface area contributed by atoms with Gasteiger partial charge in [0.2, 0.25) is 5.91 Å². The van der Waals surface area contributed by atoms with E-state index in [0.717, 1.165) is 39.1 Å². The largest absolute Gasteiger partial charge is 0.497 e. The molecule has 3 nitrogen and oxygen atoms in total. The second-order valence-corrected chi connectivity index (χ2v) is 6.80. The van der Waals surface area contributed by atoms with Gasteiger partial charge in [0, 0.05) is 11.6 Å². The molecule has 0 fully saturated rings. The Labute approximate surface area is 158 Å². The molecule has 0 spiro atoms. The molecule has 3 rings (SSSR count). The summed E-state index contributed by atoms with van der Waals surface area (Å²) in [6.45, 7) is 2.54. The maximum absolute atomic E-state index is 12.5. The first-order chi connectivity index (χ1) is 12.6. The van der Waals surface area contributed by atoms with Gasteiger partial charge < -0.3 is 10.1 Å². The van der Waals surface area contributed by atoms with E-state index in [1.54, 1.807) is 7.11 Å². The fraction of sp³-hybridized carbons (Fsp3) is 0.227. The summed E-state index contributed by atoms with van der Waals surface area (Å²) in [6.07, 6.45) is 0.785. The van der Waals surface area contributed by atoms with E-state index in [2.05, 4.69) is 11.4 Å². The summed E-state index contributed by atoms with van der Waals surface area (Å²) < 4.78 is 5.25. The molecule has 1 atom stereocenters. The minimum atomic E-state index is -0.202. The number of nitrogens with one attached hydrogen (secondary N) is 1. The van der Waals surface area contributed by atoms with Crippen molar-refractivity contribution >= 4 is 28.3 Å². The highest BCUT2D eigenvalue weighted by Gasteiger charge is 2.15. The van der Waals surface area contributed by atoms with Gasteiger partial charge in [0.05, 0.1) is 13.0 Å². The molecule has 1 unspecified atom stereocenters. The third-order valence-corrected chi connectivity index (χ3v) is 4.84. The van der Waals surface area contributed by atoms with Crippen molar-refractivity contribution in [2.24, 2.45) is 0 Å². The van der Waals surface area contributed by atoms with Crippen LogP contribution in [0.15, 0.2) is 60.7 Å². The van der Waals surface area contributed by atoms with Crippen molar-refractivity contribution in [2.45, 2.75) is 19.3 Å². The Bertz CT molecular complexity index is 906. The van der Waals surface area contributed by atoms with Gasteiger partial charge in [-0.15, -0.1) is 0 Å². The predicted molar refractivity (Wildman–Crippen MR) is 107 cm³/mol. The first-order valence-corrected chi connectivity index (χ1v) is 9.04. The number of hydrogen-bond acceptors (Lipinski definition) is 2. The molecular weight excluding hydrogens is 346 g/mol. The summed E-state index contributed by atoms with van der Waals surface area (Å²) in [4.78, 5) is 12.5. The molecule has 4 heteroatoms. The van der Waals surface area contributed by atoms with Crippen LogP contribution in [0.25, 0.3) is 10.8 Å². The first-order valence-electron chi connectivity index (χ1n) is 8.66. The van der Waals surface area contributed by atoms with Crippen LogP contribution in [0.1, 0.15) is 24.0 Å². The summed E-state index contributed by atoms with van der Waals surface area (Å²) in [6, 6.07) is 19.7. The normalized spacial score (nSPS) is 12.0. The molecule has 0 aromatic heterocycles. The van der Waals surface area contributed by atoms with Gasteiger partial charge in [-0.05, 0) is 59.5 Å². The number of halogens is 1. The summed E-state index contributed by atoms with van der Waals surface area (Å²) >= 11 is 5.89. The molecule has 0 saturated heterocycles. The molecule has 0 aliphatic heterocycles. The highest BCUT2D eigenvalue weighted by Crippen LogP contribution is 2.25. The lowest BCUT2D eigenvalue weighted by atomic mass is 9.97. The third kappa shape index (κ3) is 4.36. The maximum Gasteiger partial charge on any atom is 0.227 e. The zero-order valence-electron chi connectivity index (χ0n) is 15.0. The molecule has 26 heavy (non-hydrogen) atoms. The average molecular weight is 368 g/mol. The molecule has 0 heterocycles. The zero-order chi connectivity index (χ0) is 18.5. The van der Waals surface area contributed by atoms with Crippen LogP contribution in [-0.2, 0) is 11.2 Å². The van der Waals surface area contributed by atoms with E-state index in [4.69, 9.17) is 16.3 Å². The number of benzene rings is 3. The van der Waals surface area contributed by atoms with E-state index in [1.165, 1.54) is 0 Å². The Morgan fingerprint density at radius 3 is 2.46 bits per heavy atom. The number of ether oxygens (including phenoxy) is 1. The summed E-state index contributed by atoms with van der Waals surface area (Å²) in [5, 5.41) is 5.94. The van der Waals surface area contributed by atoms with Crippen molar-refractivity contribution < 1.29 is 9.53 Å². The van der Waals surface area contributed by atoms with Crippen LogP contribution in [0.2, 0.25) is 5.02 Å². The number of amides is 1. The van der Waals surface area contributed by atoms with Crippen molar-refractivity contribution in [3.8, 4) is 5.75 Å². The van der Waals surface area contributed by atoms with Gasteiger partial charge in [-0.1, -0.05) is 48.0 Å². The molecule has 134 valence electrons. The van der Waals surface area contributed by atoms with E-state index < -0.39 is 0 Å². The second kappa shape index (κ2) is 8.24. The molecule has 0 aliphatic carbocycles. The van der Waals surface area contributed by atoms with Crippen LogP contribution in [0.4, 0.5) is 0 Å². The van der Waals surface area contributed by atoms with Gasteiger partial charge in [-0.2, -0.15) is 0 Å². The van der Waals surface area contributed by atoms with E-state index in [9.17, 15) is 4.79 Å². The highest BCUT2D eigenvalue weighted by atomic mass is 35.5. The van der Waals surface area contributed by atoms with Gasteiger partial charge in [-0.25, -0.2) is 0 Å². The van der Waals surface area contributed by atoms with Crippen molar-refractivity contribution in [3.63, 3.8) is 0 Å². The third-order valence-electron chi connectivity index (χ3n) is 4.59. The summed E-state index contributed by atoms with van der Waals surface area (Å²) in [5.41, 5.74) is 2.16. The number of carbonyl (C=O) groups excluding carboxylic acids is 1. The highest BCUT2D eigenvalue weighted by molar-refractivity contribution is 6.30. The Balaban J connectivity index is 1.62. The molecule has 0 aliphatic rings. The van der Waals surface area contributed by atoms with Gasteiger partial charge in [0.15, 0.2) is 0 Å². The van der Waals surface area contributed by atoms with Crippen molar-refractivity contribution in [2.75, 3.05) is 13.7 Å². The zero-order valence-corrected chi connectivity index (χ0v) is 15.7. The minimum absolute atomic E-state index is 0.0341. The average Bonchev–Trinajstić information content (AvgIpc) is 2.68. The molecule has 0 saturated carbocycles. The van der Waals surface area contributed by atoms with Crippen LogP contribution in [0, 0.1) is 0 Å². The molecule has 3 aromatic rings. The topological polar surface area (TPSA) is 38.3 Å². The van der Waals surface area contributed by atoms with E-state index in [1.807, 2.05) is 61.5 Å². The summed E-state index contributed by atoms with van der Waals surface area (Å²) in [7, 11) is 1.66. The second-order valence-electron chi connectivity index (χ2n) is 6.36. The number of methoxy groups -OCH3 is 1. The minimum Gasteiger partial charge on any atom is -0.497 e. The number of hydrogen-bond donors (Lipinski definition) is 1. The lowest BCUT2D eigenvalue weighted by molar-refractivity contribution is -0.122. The SMILES string of the molecule is COc1ccc2cc(C(C)C(=O)NCCc3ccc(Cl)cc3)ccc2c1. The first kappa shape index (κ1) is 18.3. The van der Waals surface area contributed by atoms with Crippen molar-refractivity contribution in [1.29, 1.82) is 0 Å². The molecule has 0 bridgehead atoms. The standard InChI is InChI=1S/C22H22ClNO2/c1-15(22(25)24-12-11-16-3-8-20(23)9-4-16)17-5-6-19-14-21(26-2)10-7-18(19)13-17/h3-10,13-15H,11-12H2,1-2H3,(H,24,25). The monoisotopic (exact) mass is 367 g/mol. The number of fused-ring (bicyclic) bond motifs is 1. The number of rotatable bonds is 6. The van der Waals surface area contributed by atoms with Gasteiger partial charge in [0.1, 0.15) is 5.75 Å². The van der Waals surface area contributed by atoms with Gasteiger partial charge in [0.25, 0.3) is 0 Å². The Kier molecular flexibility index (Phi) is 5.79. The summed E-state index contributed by atoms with van der Waals surface area (Å²) in [5.74, 6) is 0.664. The predicted octanol–water partition coefficient (Wildman–Crippen LogP) is 4.96. The van der Waals surface area contributed by atoms with E-state index >= 15 is 0 Å². The van der Waals surface area contributed by atoms with Gasteiger partial charge >= 0.3 is 0 Å². The fourth-order valence-electron chi connectivity index (χ4n) is 2.92. The van der Waals surface area contributed by atoms with E-state index in [0.29, 0.717) is 6.54 Å². The molecule has 0 radical (unpaired) electrons. The van der Waals surface area contributed by atoms with Crippen LogP contribution in [0.3, 0.4) is 0 Å². The lowest BCUT2D eigenvalue weighted by Gasteiger charge is -2.14. The number of carbonyl (C=O) groups is 1. The Morgan fingerprint density at radius 2 is 1.73 bits per heavy atom. The molecule has 1 N–H and O–H groups in total. The maximum atomic E-state index is 12.5. The van der Waals surface area contributed by atoms with Crippen molar-refractivity contribution in [3.05, 3.63) is 76.8 Å². The Morgan fingerprint density at radius 1 is 1.04 bits per heavy atom. The van der Waals surface area contributed by atoms with E-state index in [-0.39, 0.29) is 11.8 Å². The Hall–Kier alpha value is -2.52. The lowest BCUT2D eigenvalue weighted by Crippen LogP contribution is -2.29. The van der Waals surface area contributed by atoms with Crippen LogP contribution >= 0.6 is 11.6 Å².